The van der Waals surface area contributed by atoms with Gasteiger partial charge in [0, 0.05) is 37.9 Å². The number of hydrogen-bond acceptors (Lipinski definition) is 4. The first kappa shape index (κ1) is 17.1. The van der Waals surface area contributed by atoms with E-state index in [-0.39, 0.29) is 12.1 Å². The minimum atomic E-state index is -0.442. The summed E-state index contributed by atoms with van der Waals surface area (Å²) in [7, 11) is 0. The molecule has 24 heavy (non-hydrogen) atoms. The Kier molecular flexibility index (Phi) is 4.72. The summed E-state index contributed by atoms with van der Waals surface area (Å²) >= 11 is 0. The van der Waals surface area contributed by atoms with E-state index in [9.17, 15) is 4.79 Å². The van der Waals surface area contributed by atoms with Gasteiger partial charge in [-0.1, -0.05) is 12.1 Å². The van der Waals surface area contributed by atoms with E-state index >= 15 is 0 Å². The summed E-state index contributed by atoms with van der Waals surface area (Å²) in [4.78, 5) is 16.4. The van der Waals surface area contributed by atoms with E-state index < -0.39 is 5.60 Å². The van der Waals surface area contributed by atoms with Crippen LogP contribution in [0.1, 0.15) is 38.3 Å². The molecule has 0 saturated carbocycles. The fourth-order valence-electron chi connectivity index (χ4n) is 3.55. The average Bonchev–Trinajstić information content (AvgIpc) is 2.53. The highest BCUT2D eigenvalue weighted by Crippen LogP contribution is 2.30. The number of rotatable bonds is 1. The maximum absolute atomic E-state index is 12.2. The molecule has 0 aromatic heterocycles. The van der Waals surface area contributed by atoms with Gasteiger partial charge in [0.15, 0.2) is 0 Å². The number of nitrogens with zero attached hydrogens (tertiary/aromatic N) is 2. The SMILES string of the molecule is CC(C)(C)OC(=O)N1CCN(c2cccc3c2C[C@H](N)CC3)CC1. The third-order valence-electron chi connectivity index (χ3n) is 4.77. The fourth-order valence-corrected chi connectivity index (χ4v) is 3.55. The van der Waals surface area contributed by atoms with E-state index in [4.69, 9.17) is 10.5 Å². The van der Waals surface area contributed by atoms with Crippen molar-refractivity contribution in [3.05, 3.63) is 29.3 Å². The van der Waals surface area contributed by atoms with Crippen molar-refractivity contribution in [2.24, 2.45) is 5.73 Å². The van der Waals surface area contributed by atoms with Crippen LogP contribution in [-0.4, -0.2) is 48.8 Å². The van der Waals surface area contributed by atoms with Crippen LogP contribution in [0.4, 0.5) is 10.5 Å². The molecule has 2 N–H and O–H groups in total. The highest BCUT2D eigenvalue weighted by molar-refractivity contribution is 5.69. The molecule has 3 rings (SSSR count). The monoisotopic (exact) mass is 331 g/mol. The Morgan fingerprint density at radius 1 is 1.21 bits per heavy atom. The number of anilines is 1. The zero-order valence-electron chi connectivity index (χ0n) is 15.0. The number of aryl methyl sites for hydroxylation is 1. The smallest absolute Gasteiger partial charge is 0.410 e. The number of carbonyl (C=O) groups is 1. The lowest BCUT2D eigenvalue weighted by Crippen LogP contribution is -2.50. The second kappa shape index (κ2) is 6.63. The Balaban J connectivity index is 1.66. The largest absolute Gasteiger partial charge is 0.444 e. The van der Waals surface area contributed by atoms with E-state index in [0.29, 0.717) is 13.1 Å². The van der Waals surface area contributed by atoms with Gasteiger partial charge in [0.05, 0.1) is 0 Å². The summed E-state index contributed by atoms with van der Waals surface area (Å²) in [6.45, 7) is 8.78. The predicted octanol–water partition coefficient (Wildman–Crippen LogP) is 2.56. The Morgan fingerprint density at radius 2 is 1.92 bits per heavy atom. The molecule has 1 aliphatic carbocycles. The number of ether oxygens (including phenoxy) is 1. The van der Waals surface area contributed by atoms with E-state index in [1.807, 2.05) is 25.7 Å². The van der Waals surface area contributed by atoms with Crippen LogP contribution >= 0.6 is 0 Å². The fraction of sp³-hybridized carbons (Fsp3) is 0.632. The normalized spacial score (nSPS) is 21.4. The Morgan fingerprint density at radius 3 is 2.58 bits per heavy atom. The van der Waals surface area contributed by atoms with Gasteiger partial charge in [0.1, 0.15) is 5.60 Å². The molecule has 1 saturated heterocycles. The van der Waals surface area contributed by atoms with Gasteiger partial charge in [0.2, 0.25) is 0 Å². The van der Waals surface area contributed by atoms with Gasteiger partial charge < -0.3 is 20.3 Å². The van der Waals surface area contributed by atoms with E-state index in [0.717, 1.165) is 32.4 Å². The van der Waals surface area contributed by atoms with Crippen molar-refractivity contribution in [1.82, 2.24) is 4.90 Å². The molecular formula is C19H29N3O2. The lowest BCUT2D eigenvalue weighted by atomic mass is 9.87. The quantitative estimate of drug-likeness (QED) is 0.859. The molecular weight excluding hydrogens is 302 g/mol. The van der Waals surface area contributed by atoms with Crippen molar-refractivity contribution >= 4 is 11.8 Å². The molecule has 132 valence electrons. The average molecular weight is 331 g/mol. The molecule has 1 aliphatic heterocycles. The highest BCUT2D eigenvalue weighted by Gasteiger charge is 2.28. The minimum Gasteiger partial charge on any atom is -0.444 e. The van der Waals surface area contributed by atoms with Crippen LogP contribution in [0, 0.1) is 0 Å². The van der Waals surface area contributed by atoms with Crippen LogP contribution < -0.4 is 10.6 Å². The van der Waals surface area contributed by atoms with Gasteiger partial charge in [-0.15, -0.1) is 0 Å². The van der Waals surface area contributed by atoms with E-state index in [1.54, 1.807) is 0 Å². The number of piperazine rings is 1. The van der Waals surface area contributed by atoms with Crippen molar-refractivity contribution < 1.29 is 9.53 Å². The van der Waals surface area contributed by atoms with Gasteiger partial charge in [0.25, 0.3) is 0 Å². The zero-order valence-corrected chi connectivity index (χ0v) is 15.0. The summed E-state index contributed by atoms with van der Waals surface area (Å²) in [5.74, 6) is 0. The summed E-state index contributed by atoms with van der Waals surface area (Å²) in [6, 6.07) is 6.83. The highest BCUT2D eigenvalue weighted by atomic mass is 16.6. The van der Waals surface area contributed by atoms with Crippen molar-refractivity contribution in [3.63, 3.8) is 0 Å². The molecule has 0 radical (unpaired) electrons. The summed E-state index contributed by atoms with van der Waals surface area (Å²) in [5.41, 5.74) is 9.88. The number of fused-ring (bicyclic) bond motifs is 1. The van der Waals surface area contributed by atoms with E-state index in [1.165, 1.54) is 16.8 Å². The predicted molar refractivity (Wildman–Crippen MR) is 96.5 cm³/mol. The van der Waals surface area contributed by atoms with Crippen LogP contribution in [0.15, 0.2) is 18.2 Å². The lowest BCUT2D eigenvalue weighted by molar-refractivity contribution is 0.0240. The first-order valence-electron chi connectivity index (χ1n) is 8.93. The minimum absolute atomic E-state index is 0.209. The standard InChI is InChI=1S/C19H29N3O2/c1-19(2,3)24-18(23)22-11-9-21(10-12-22)17-6-4-5-14-7-8-15(20)13-16(14)17/h4-6,15H,7-13,20H2,1-3H3/t15-/m1/s1. The van der Waals surface area contributed by atoms with Gasteiger partial charge in [-0.2, -0.15) is 0 Å². The number of nitrogens with two attached hydrogens (primary N) is 1. The van der Waals surface area contributed by atoms with E-state index in [2.05, 4.69) is 23.1 Å². The molecule has 0 spiro atoms. The van der Waals surface area contributed by atoms with Gasteiger partial charge in [-0.3, -0.25) is 0 Å². The lowest BCUT2D eigenvalue weighted by Gasteiger charge is -2.38. The molecule has 0 unspecified atom stereocenters. The number of amides is 1. The van der Waals surface area contributed by atoms with Crippen LogP contribution in [0.3, 0.4) is 0 Å². The molecule has 2 aliphatic rings. The number of benzene rings is 1. The number of carbonyl (C=O) groups excluding carboxylic acids is 1. The molecule has 5 heteroatoms. The van der Waals surface area contributed by atoms with Crippen molar-refractivity contribution in [1.29, 1.82) is 0 Å². The molecule has 1 aromatic rings. The van der Waals surface area contributed by atoms with Crippen molar-refractivity contribution in [3.8, 4) is 0 Å². The van der Waals surface area contributed by atoms with Crippen LogP contribution in [0.25, 0.3) is 0 Å². The zero-order chi connectivity index (χ0) is 17.3. The molecule has 0 bridgehead atoms. The summed E-state index contributed by atoms with van der Waals surface area (Å²) < 4.78 is 5.47. The Hall–Kier alpha value is -1.75. The van der Waals surface area contributed by atoms with Crippen molar-refractivity contribution in [2.45, 2.75) is 51.7 Å². The second-order valence-corrected chi connectivity index (χ2v) is 7.87. The third-order valence-corrected chi connectivity index (χ3v) is 4.77. The maximum atomic E-state index is 12.2. The van der Waals surface area contributed by atoms with Gasteiger partial charge in [-0.25, -0.2) is 4.79 Å². The van der Waals surface area contributed by atoms with Crippen LogP contribution in [0.5, 0.6) is 0 Å². The first-order chi connectivity index (χ1) is 11.3. The third kappa shape index (κ3) is 3.83. The Labute approximate surface area is 144 Å². The van der Waals surface area contributed by atoms with Gasteiger partial charge >= 0.3 is 6.09 Å². The molecule has 1 amide bonds. The topological polar surface area (TPSA) is 58.8 Å². The molecule has 1 heterocycles. The maximum Gasteiger partial charge on any atom is 0.410 e. The molecule has 5 nitrogen and oxygen atoms in total. The van der Waals surface area contributed by atoms with Gasteiger partial charge in [-0.05, 0) is 57.2 Å². The first-order valence-corrected chi connectivity index (χ1v) is 8.93. The molecule has 1 aromatic carbocycles. The Bertz CT molecular complexity index is 601. The molecule has 1 atom stereocenters. The summed E-state index contributed by atoms with van der Waals surface area (Å²) in [5, 5.41) is 0. The second-order valence-electron chi connectivity index (χ2n) is 7.87. The summed E-state index contributed by atoms with van der Waals surface area (Å²) in [6.07, 6.45) is 2.89. The van der Waals surface area contributed by atoms with Crippen molar-refractivity contribution in [2.75, 3.05) is 31.1 Å². The molecule has 1 fully saturated rings. The van der Waals surface area contributed by atoms with Crippen LogP contribution in [-0.2, 0) is 17.6 Å². The number of hydrogen-bond donors (Lipinski definition) is 1. The van der Waals surface area contributed by atoms with Crippen LogP contribution in [0.2, 0.25) is 0 Å².